The van der Waals surface area contributed by atoms with Gasteiger partial charge < -0.3 is 9.64 Å². The molecule has 0 aliphatic carbocycles. The molecule has 4 aromatic rings. The molecule has 0 N–H and O–H groups in total. The van der Waals surface area contributed by atoms with Crippen molar-refractivity contribution >= 4 is 5.82 Å². The fraction of sp³-hybridized carbons (Fsp3) is 0.318. The Labute approximate surface area is 187 Å². The summed E-state index contributed by atoms with van der Waals surface area (Å²) >= 11 is 0. The number of ether oxygens (including phenoxy) is 1. The summed E-state index contributed by atoms with van der Waals surface area (Å²) in [6, 6.07) is 3.83. The average molecular weight is 450 g/mol. The summed E-state index contributed by atoms with van der Waals surface area (Å²) in [7, 11) is 0. The molecule has 9 nitrogen and oxygen atoms in total. The molecule has 5 heterocycles. The van der Waals surface area contributed by atoms with Gasteiger partial charge in [0.15, 0.2) is 23.3 Å². The molecule has 1 fully saturated rings. The zero-order valence-corrected chi connectivity index (χ0v) is 18.0. The number of hydrogen-bond donors (Lipinski definition) is 0. The minimum atomic E-state index is -0.939. The molecule has 0 amide bonds. The summed E-state index contributed by atoms with van der Waals surface area (Å²) < 4.78 is 36.5. The first-order valence-electron chi connectivity index (χ1n) is 10.7. The topological polar surface area (TPSA) is 86.8 Å². The lowest BCUT2D eigenvalue weighted by molar-refractivity contribution is 0.00338. The highest BCUT2D eigenvalue weighted by Crippen LogP contribution is 2.41. The van der Waals surface area contributed by atoms with Gasteiger partial charge in [0.2, 0.25) is 5.95 Å². The highest BCUT2D eigenvalue weighted by atomic mass is 19.2. The molecule has 3 aromatic heterocycles. The van der Waals surface area contributed by atoms with Gasteiger partial charge in [-0.05, 0) is 31.5 Å². The zero-order chi connectivity index (χ0) is 22.7. The van der Waals surface area contributed by atoms with Crippen LogP contribution in [0.3, 0.4) is 0 Å². The lowest BCUT2D eigenvalue weighted by atomic mass is 10.0. The molecule has 33 heavy (non-hydrogen) atoms. The van der Waals surface area contributed by atoms with E-state index < -0.39 is 11.6 Å². The molecule has 1 saturated heterocycles. The maximum absolute atomic E-state index is 13.9. The Hall–Kier alpha value is -3.73. The molecule has 0 spiro atoms. The molecule has 1 unspecified atom stereocenters. The Kier molecular flexibility index (Phi) is 4.47. The lowest BCUT2D eigenvalue weighted by Crippen LogP contribution is -2.53. The number of fused-ring (bicyclic) bond motifs is 3. The zero-order valence-electron chi connectivity index (χ0n) is 18.0. The monoisotopic (exact) mass is 450 g/mol. The molecule has 1 atom stereocenters. The van der Waals surface area contributed by atoms with E-state index in [1.165, 1.54) is 6.07 Å². The van der Waals surface area contributed by atoms with Gasteiger partial charge >= 0.3 is 0 Å². The maximum atomic E-state index is 13.9. The van der Waals surface area contributed by atoms with E-state index in [-0.39, 0.29) is 12.1 Å². The SMILES string of the molecule is CCC1c2nnc(C)n2-c2cnc(-n3ccnc3-c3ccc(F)c(F)c3)nc2N1C1COC1. The maximum Gasteiger partial charge on any atom is 0.237 e. The molecule has 11 heteroatoms. The lowest BCUT2D eigenvalue weighted by Gasteiger charge is -2.45. The van der Waals surface area contributed by atoms with Gasteiger partial charge in [0, 0.05) is 18.0 Å². The normalized spacial score (nSPS) is 17.6. The molecule has 0 radical (unpaired) electrons. The van der Waals surface area contributed by atoms with Crippen molar-refractivity contribution in [3.63, 3.8) is 0 Å². The van der Waals surface area contributed by atoms with Crippen LogP contribution < -0.4 is 4.90 Å². The Balaban J connectivity index is 1.51. The number of benzene rings is 1. The van der Waals surface area contributed by atoms with Gasteiger partial charge in [-0.15, -0.1) is 10.2 Å². The fourth-order valence-corrected chi connectivity index (χ4v) is 4.49. The van der Waals surface area contributed by atoms with Gasteiger partial charge in [-0.2, -0.15) is 4.98 Å². The molecular formula is C22H20F2N8O. The van der Waals surface area contributed by atoms with Crippen molar-refractivity contribution in [3.8, 4) is 23.0 Å². The van der Waals surface area contributed by atoms with Crippen LogP contribution >= 0.6 is 0 Å². The van der Waals surface area contributed by atoms with E-state index in [4.69, 9.17) is 9.72 Å². The predicted molar refractivity (Wildman–Crippen MR) is 114 cm³/mol. The molecule has 168 valence electrons. The smallest absolute Gasteiger partial charge is 0.237 e. The number of imidazole rings is 1. The van der Waals surface area contributed by atoms with Crippen molar-refractivity contribution in [3.05, 3.63) is 60.1 Å². The quantitative estimate of drug-likeness (QED) is 0.472. The van der Waals surface area contributed by atoms with Crippen LogP contribution in [-0.4, -0.2) is 53.5 Å². The van der Waals surface area contributed by atoms with Crippen LogP contribution in [0.4, 0.5) is 14.6 Å². The van der Waals surface area contributed by atoms with Crippen molar-refractivity contribution in [2.75, 3.05) is 18.1 Å². The highest BCUT2D eigenvalue weighted by molar-refractivity contribution is 5.64. The molecule has 2 aliphatic heterocycles. The highest BCUT2D eigenvalue weighted by Gasteiger charge is 2.41. The van der Waals surface area contributed by atoms with Crippen molar-refractivity contribution in [1.29, 1.82) is 0 Å². The van der Waals surface area contributed by atoms with Gasteiger partial charge in [0.1, 0.15) is 17.3 Å². The van der Waals surface area contributed by atoms with E-state index in [0.29, 0.717) is 30.5 Å². The summed E-state index contributed by atoms with van der Waals surface area (Å²) in [5.74, 6) is 1.31. The van der Waals surface area contributed by atoms with E-state index >= 15 is 0 Å². The van der Waals surface area contributed by atoms with E-state index in [0.717, 1.165) is 41.7 Å². The standard InChI is InChI=1S/C22H20F2N8O/c1-3-17-21-29-28-12(2)31(21)18-9-26-22(27-20(18)32(17)14-10-33-11-14)30-7-6-25-19(30)13-4-5-15(23)16(24)8-13/h4-9,14,17H,3,10-11H2,1-2H3. The van der Waals surface area contributed by atoms with Crippen molar-refractivity contribution in [2.24, 2.45) is 0 Å². The third kappa shape index (κ3) is 2.95. The molecule has 0 saturated carbocycles. The van der Waals surface area contributed by atoms with Crippen LogP contribution in [-0.2, 0) is 4.74 Å². The summed E-state index contributed by atoms with van der Waals surface area (Å²) in [5, 5.41) is 8.73. The van der Waals surface area contributed by atoms with Gasteiger partial charge in [-0.1, -0.05) is 6.92 Å². The van der Waals surface area contributed by atoms with E-state index in [2.05, 4.69) is 32.0 Å². The number of halogens is 2. The first-order chi connectivity index (χ1) is 16.1. The van der Waals surface area contributed by atoms with Gasteiger partial charge in [-0.3, -0.25) is 9.13 Å². The molecule has 0 bridgehead atoms. The number of anilines is 1. The Morgan fingerprint density at radius 3 is 2.70 bits per heavy atom. The summed E-state index contributed by atoms with van der Waals surface area (Å²) in [6.45, 7) is 5.22. The number of nitrogens with zero attached hydrogens (tertiary/aromatic N) is 8. The second kappa shape index (κ2) is 7.41. The number of hydrogen-bond acceptors (Lipinski definition) is 7. The third-order valence-electron chi connectivity index (χ3n) is 6.14. The molecular weight excluding hydrogens is 430 g/mol. The van der Waals surface area contributed by atoms with Crippen LogP contribution in [0, 0.1) is 18.6 Å². The minimum absolute atomic E-state index is 0.0104. The largest absolute Gasteiger partial charge is 0.377 e. The second-order valence-corrected chi connectivity index (χ2v) is 8.09. The summed E-state index contributed by atoms with van der Waals surface area (Å²) in [6.07, 6.45) is 5.84. The molecule has 6 rings (SSSR count). The van der Waals surface area contributed by atoms with Crippen molar-refractivity contribution in [1.82, 2.24) is 34.3 Å². The van der Waals surface area contributed by atoms with Gasteiger partial charge in [-0.25, -0.2) is 18.7 Å². The number of rotatable bonds is 4. The summed E-state index contributed by atoms with van der Waals surface area (Å²) in [5.41, 5.74) is 1.22. The summed E-state index contributed by atoms with van der Waals surface area (Å²) in [4.78, 5) is 16.1. The van der Waals surface area contributed by atoms with Crippen LogP contribution in [0.5, 0.6) is 0 Å². The van der Waals surface area contributed by atoms with E-state index in [1.807, 2.05) is 11.5 Å². The van der Waals surface area contributed by atoms with E-state index in [9.17, 15) is 8.78 Å². The van der Waals surface area contributed by atoms with Crippen LogP contribution in [0.25, 0.3) is 23.0 Å². The predicted octanol–water partition coefficient (Wildman–Crippen LogP) is 3.17. The molecule has 1 aromatic carbocycles. The third-order valence-corrected chi connectivity index (χ3v) is 6.14. The van der Waals surface area contributed by atoms with Crippen molar-refractivity contribution in [2.45, 2.75) is 32.4 Å². The Bertz CT molecular complexity index is 1360. The van der Waals surface area contributed by atoms with E-state index in [1.54, 1.807) is 23.2 Å². The fourth-order valence-electron chi connectivity index (χ4n) is 4.49. The van der Waals surface area contributed by atoms with Crippen molar-refractivity contribution < 1.29 is 13.5 Å². The first-order valence-corrected chi connectivity index (χ1v) is 10.7. The van der Waals surface area contributed by atoms with Crippen LogP contribution in [0.1, 0.15) is 31.0 Å². The van der Waals surface area contributed by atoms with Crippen LogP contribution in [0.15, 0.2) is 36.8 Å². The van der Waals surface area contributed by atoms with Gasteiger partial charge in [0.05, 0.1) is 31.5 Å². The second-order valence-electron chi connectivity index (χ2n) is 8.09. The number of aryl methyl sites for hydroxylation is 1. The first kappa shape index (κ1) is 19.9. The minimum Gasteiger partial charge on any atom is -0.377 e. The van der Waals surface area contributed by atoms with Crippen LogP contribution in [0.2, 0.25) is 0 Å². The Morgan fingerprint density at radius 2 is 1.97 bits per heavy atom. The molecule has 2 aliphatic rings. The average Bonchev–Trinajstić information content (AvgIpc) is 3.42. The van der Waals surface area contributed by atoms with Gasteiger partial charge in [0.25, 0.3) is 0 Å². The number of aromatic nitrogens is 7. The Morgan fingerprint density at radius 1 is 1.12 bits per heavy atom.